The van der Waals surface area contributed by atoms with Gasteiger partial charge in [0.1, 0.15) is 6.54 Å². The second-order valence-corrected chi connectivity index (χ2v) is 3.34. The van der Waals surface area contributed by atoms with Crippen LogP contribution in [-0.4, -0.2) is 22.1 Å². The first-order chi connectivity index (χ1) is 7.72. The van der Waals surface area contributed by atoms with Crippen molar-refractivity contribution in [1.82, 2.24) is 9.55 Å². The first kappa shape index (κ1) is 10.5. The number of aromatic nitrogens is 2. The third-order valence-electron chi connectivity index (χ3n) is 2.27. The number of carbonyl (C=O) groups is 1. The van der Waals surface area contributed by atoms with Crippen LogP contribution in [0, 0.1) is 0 Å². The first-order valence-corrected chi connectivity index (χ1v) is 5.05. The van der Waals surface area contributed by atoms with Crippen LogP contribution in [0.25, 0.3) is 11.0 Å². The molecule has 0 aliphatic rings. The van der Waals surface area contributed by atoms with Gasteiger partial charge in [-0.2, -0.15) is 0 Å². The van der Waals surface area contributed by atoms with Gasteiger partial charge >= 0.3 is 11.7 Å². The largest absolute Gasteiger partial charge is 0.465 e. The zero-order valence-corrected chi connectivity index (χ0v) is 8.90. The minimum absolute atomic E-state index is 0.0588. The second-order valence-electron chi connectivity index (χ2n) is 3.34. The fraction of sp³-hybridized carbons (Fsp3) is 0.273. The minimum atomic E-state index is -0.408. The maximum atomic E-state index is 11.6. The van der Waals surface area contributed by atoms with Gasteiger partial charge in [0, 0.05) is 0 Å². The van der Waals surface area contributed by atoms with Crippen molar-refractivity contribution in [2.24, 2.45) is 0 Å². The molecule has 0 saturated heterocycles. The molecule has 0 bridgehead atoms. The Morgan fingerprint density at radius 1 is 1.44 bits per heavy atom. The maximum Gasteiger partial charge on any atom is 0.327 e. The fourth-order valence-electron chi connectivity index (χ4n) is 1.60. The Kier molecular flexibility index (Phi) is 2.76. The van der Waals surface area contributed by atoms with E-state index in [0.29, 0.717) is 12.1 Å². The highest BCUT2D eigenvalue weighted by atomic mass is 16.5. The van der Waals surface area contributed by atoms with Crippen molar-refractivity contribution in [3.8, 4) is 0 Å². The van der Waals surface area contributed by atoms with Crippen molar-refractivity contribution in [1.29, 1.82) is 0 Å². The molecule has 0 unspecified atom stereocenters. The minimum Gasteiger partial charge on any atom is -0.465 e. The Morgan fingerprint density at radius 2 is 2.19 bits per heavy atom. The lowest BCUT2D eigenvalue weighted by Crippen LogP contribution is -2.23. The highest BCUT2D eigenvalue weighted by Crippen LogP contribution is 2.08. The van der Waals surface area contributed by atoms with Crippen LogP contribution in [0.4, 0.5) is 0 Å². The van der Waals surface area contributed by atoms with Gasteiger partial charge in [0.15, 0.2) is 0 Å². The molecule has 84 valence electrons. The van der Waals surface area contributed by atoms with Gasteiger partial charge in [0.2, 0.25) is 0 Å². The van der Waals surface area contributed by atoms with Gasteiger partial charge in [-0.1, -0.05) is 12.1 Å². The molecule has 0 spiro atoms. The van der Waals surface area contributed by atoms with E-state index in [9.17, 15) is 9.59 Å². The third kappa shape index (κ3) is 1.84. The van der Waals surface area contributed by atoms with Crippen molar-refractivity contribution in [2.45, 2.75) is 13.5 Å². The number of hydrogen-bond donors (Lipinski definition) is 1. The Morgan fingerprint density at radius 3 is 2.94 bits per heavy atom. The van der Waals surface area contributed by atoms with Gasteiger partial charge in [-0.05, 0) is 19.1 Å². The van der Waals surface area contributed by atoms with E-state index >= 15 is 0 Å². The molecule has 0 amide bonds. The molecular weight excluding hydrogens is 208 g/mol. The van der Waals surface area contributed by atoms with Crippen LogP contribution in [0.1, 0.15) is 6.92 Å². The van der Waals surface area contributed by atoms with Crippen LogP contribution in [0.2, 0.25) is 0 Å². The molecule has 0 aliphatic heterocycles. The molecule has 2 aromatic rings. The third-order valence-corrected chi connectivity index (χ3v) is 2.27. The van der Waals surface area contributed by atoms with Crippen LogP contribution in [0.3, 0.4) is 0 Å². The number of hydrogen-bond acceptors (Lipinski definition) is 3. The number of esters is 1. The Balaban J connectivity index is 2.40. The van der Waals surface area contributed by atoms with Crippen molar-refractivity contribution in [3.05, 3.63) is 34.7 Å². The molecule has 0 atom stereocenters. The average molecular weight is 220 g/mol. The summed E-state index contributed by atoms with van der Waals surface area (Å²) in [5, 5.41) is 0. The molecule has 0 radical (unpaired) electrons. The van der Waals surface area contributed by atoms with Gasteiger partial charge in [0.05, 0.1) is 17.6 Å². The smallest absolute Gasteiger partial charge is 0.327 e. The zero-order chi connectivity index (χ0) is 11.5. The normalized spacial score (nSPS) is 10.6. The van der Waals surface area contributed by atoms with E-state index in [1.54, 1.807) is 19.1 Å². The topological polar surface area (TPSA) is 64.1 Å². The SMILES string of the molecule is CCOC(=O)Cn1c(=O)[nH]c2ccccc21. The van der Waals surface area contributed by atoms with Crippen molar-refractivity contribution >= 4 is 17.0 Å². The molecule has 5 heteroatoms. The Labute approximate surface area is 91.6 Å². The van der Waals surface area contributed by atoms with Gasteiger partial charge in [-0.3, -0.25) is 9.36 Å². The lowest BCUT2D eigenvalue weighted by atomic mass is 10.3. The van der Waals surface area contributed by atoms with E-state index in [-0.39, 0.29) is 12.2 Å². The van der Waals surface area contributed by atoms with E-state index in [0.717, 1.165) is 5.52 Å². The molecule has 0 aliphatic carbocycles. The second kappa shape index (κ2) is 4.22. The molecule has 1 heterocycles. The summed E-state index contributed by atoms with van der Waals surface area (Å²) in [6.45, 7) is 1.99. The number of para-hydroxylation sites is 2. The number of carbonyl (C=O) groups excluding carboxylic acids is 1. The van der Waals surface area contributed by atoms with Crippen LogP contribution in [0.5, 0.6) is 0 Å². The van der Waals surface area contributed by atoms with E-state index in [4.69, 9.17) is 4.74 Å². The maximum absolute atomic E-state index is 11.6. The number of fused-ring (bicyclic) bond motifs is 1. The Hall–Kier alpha value is -2.04. The summed E-state index contributed by atoms with van der Waals surface area (Å²) in [4.78, 5) is 25.6. The molecule has 16 heavy (non-hydrogen) atoms. The first-order valence-electron chi connectivity index (χ1n) is 5.05. The van der Waals surface area contributed by atoms with Gasteiger partial charge in [-0.15, -0.1) is 0 Å². The molecule has 0 fully saturated rings. The van der Waals surface area contributed by atoms with Crippen LogP contribution in [-0.2, 0) is 16.1 Å². The van der Waals surface area contributed by atoms with Gasteiger partial charge in [0.25, 0.3) is 0 Å². The van der Waals surface area contributed by atoms with E-state index < -0.39 is 5.97 Å². The molecule has 1 aromatic carbocycles. The van der Waals surface area contributed by atoms with Crippen molar-refractivity contribution < 1.29 is 9.53 Å². The summed E-state index contributed by atoms with van der Waals surface area (Å²) in [7, 11) is 0. The summed E-state index contributed by atoms with van der Waals surface area (Å²) in [6, 6.07) is 7.22. The zero-order valence-electron chi connectivity index (χ0n) is 8.90. The number of nitrogens with zero attached hydrogens (tertiary/aromatic N) is 1. The van der Waals surface area contributed by atoms with Crippen LogP contribution < -0.4 is 5.69 Å². The van der Waals surface area contributed by atoms with Crippen LogP contribution >= 0.6 is 0 Å². The molecule has 1 aromatic heterocycles. The number of benzene rings is 1. The van der Waals surface area contributed by atoms with Crippen molar-refractivity contribution in [2.75, 3.05) is 6.61 Å². The van der Waals surface area contributed by atoms with E-state index in [2.05, 4.69) is 4.98 Å². The van der Waals surface area contributed by atoms with Gasteiger partial charge < -0.3 is 9.72 Å². The molecule has 2 rings (SSSR count). The highest BCUT2D eigenvalue weighted by Gasteiger charge is 2.10. The van der Waals surface area contributed by atoms with E-state index in [1.807, 2.05) is 12.1 Å². The molecule has 1 N–H and O–H groups in total. The number of ether oxygens (including phenoxy) is 1. The monoisotopic (exact) mass is 220 g/mol. The Bertz CT molecular complexity index is 568. The predicted octanol–water partition coefficient (Wildman–Crippen LogP) is 0.893. The standard InChI is InChI=1S/C11H12N2O3/c1-2-16-10(14)7-13-9-6-4-3-5-8(9)12-11(13)15/h3-6H,2,7H2,1H3,(H,12,15). The fourth-order valence-corrected chi connectivity index (χ4v) is 1.60. The number of H-pyrrole nitrogens is 1. The van der Waals surface area contributed by atoms with Crippen LogP contribution in [0.15, 0.2) is 29.1 Å². The lowest BCUT2D eigenvalue weighted by molar-refractivity contribution is -0.143. The summed E-state index contributed by atoms with van der Waals surface area (Å²) >= 11 is 0. The summed E-state index contributed by atoms with van der Waals surface area (Å²) in [5.41, 5.74) is 1.13. The number of imidazole rings is 1. The molecule has 0 saturated carbocycles. The number of aromatic amines is 1. The molecular formula is C11H12N2O3. The highest BCUT2D eigenvalue weighted by molar-refractivity contribution is 5.77. The van der Waals surface area contributed by atoms with Crippen molar-refractivity contribution in [3.63, 3.8) is 0 Å². The predicted molar refractivity (Wildman–Crippen MR) is 59.2 cm³/mol. The summed E-state index contributed by atoms with van der Waals surface area (Å²) in [5.74, 6) is -0.408. The average Bonchev–Trinajstić information content (AvgIpc) is 2.56. The molecule has 5 nitrogen and oxygen atoms in total. The quantitative estimate of drug-likeness (QED) is 0.781. The summed E-state index contributed by atoms with van der Waals surface area (Å²) < 4.78 is 6.17. The summed E-state index contributed by atoms with van der Waals surface area (Å²) in [6.07, 6.45) is 0. The number of nitrogens with one attached hydrogen (secondary N) is 1. The van der Waals surface area contributed by atoms with Gasteiger partial charge in [-0.25, -0.2) is 4.79 Å². The number of rotatable bonds is 3. The lowest BCUT2D eigenvalue weighted by Gasteiger charge is -2.02. The van der Waals surface area contributed by atoms with E-state index in [1.165, 1.54) is 4.57 Å².